The molecule has 2 amide bonds. The lowest BCUT2D eigenvalue weighted by molar-refractivity contribution is -0.135. The van der Waals surface area contributed by atoms with Crippen LogP contribution in [0.1, 0.15) is 26.2 Å². The summed E-state index contributed by atoms with van der Waals surface area (Å²) in [6.45, 7) is 2.54. The Balaban J connectivity index is 2.10. The van der Waals surface area contributed by atoms with Gasteiger partial charge in [-0.05, 0) is 31.0 Å². The molecule has 1 aromatic rings. The van der Waals surface area contributed by atoms with Crippen LogP contribution in [0.4, 0.5) is 5.69 Å². The zero-order chi connectivity index (χ0) is 15.4. The fourth-order valence-electron chi connectivity index (χ4n) is 2.52. The third-order valence-corrected chi connectivity index (χ3v) is 4.53. The fourth-order valence-corrected chi connectivity index (χ4v) is 3.09. The van der Waals surface area contributed by atoms with E-state index in [1.54, 1.807) is 35.4 Å². The van der Waals surface area contributed by atoms with Crippen LogP contribution in [0.2, 0.25) is 0 Å². The molecular weight excluding hydrogens is 288 g/mol. The summed E-state index contributed by atoms with van der Waals surface area (Å²) >= 11 is 0. The lowest BCUT2D eigenvalue weighted by atomic mass is 10.1. The van der Waals surface area contributed by atoms with E-state index in [1.165, 1.54) is 0 Å². The predicted octanol–water partition coefficient (Wildman–Crippen LogP) is 1.76. The molecule has 1 N–H and O–H groups in total. The van der Waals surface area contributed by atoms with Crippen LogP contribution in [0.25, 0.3) is 0 Å². The number of rotatable bonds is 5. The Morgan fingerprint density at radius 3 is 2.81 bits per heavy atom. The van der Waals surface area contributed by atoms with Gasteiger partial charge in [-0.15, -0.1) is 0 Å². The molecule has 2 atom stereocenters. The Bertz CT molecular complexity index is 574. The van der Waals surface area contributed by atoms with E-state index >= 15 is 0 Å². The fraction of sp³-hybridized carbons (Fsp3) is 0.467. The Kier molecular flexibility index (Phi) is 5.12. The lowest BCUT2D eigenvalue weighted by Crippen LogP contribution is -2.44. The second-order valence-corrected chi connectivity index (χ2v) is 6.47. The molecule has 21 heavy (non-hydrogen) atoms. The number of carbonyl (C=O) groups is 2. The maximum atomic E-state index is 12.4. The molecule has 0 bridgehead atoms. The molecule has 2 rings (SSSR count). The van der Waals surface area contributed by atoms with E-state index in [2.05, 4.69) is 5.32 Å². The van der Waals surface area contributed by atoms with Gasteiger partial charge in [-0.2, -0.15) is 0 Å². The summed E-state index contributed by atoms with van der Waals surface area (Å²) in [5.74, 6) is -0.146. The van der Waals surface area contributed by atoms with Gasteiger partial charge in [0.15, 0.2) is 0 Å². The molecule has 5 nitrogen and oxygen atoms in total. The van der Waals surface area contributed by atoms with Crippen LogP contribution in [-0.4, -0.2) is 39.8 Å². The summed E-state index contributed by atoms with van der Waals surface area (Å²) < 4.78 is 11.5. The van der Waals surface area contributed by atoms with Crippen molar-refractivity contribution in [1.29, 1.82) is 0 Å². The number of anilines is 1. The minimum atomic E-state index is -1.09. The van der Waals surface area contributed by atoms with Gasteiger partial charge in [0.2, 0.25) is 11.8 Å². The van der Waals surface area contributed by atoms with Gasteiger partial charge in [0.1, 0.15) is 6.04 Å². The minimum Gasteiger partial charge on any atom is -0.331 e. The smallest absolute Gasteiger partial charge is 0.247 e. The van der Waals surface area contributed by atoms with E-state index in [0.717, 1.165) is 6.42 Å². The van der Waals surface area contributed by atoms with Crippen LogP contribution in [-0.2, 0) is 20.4 Å². The van der Waals surface area contributed by atoms with Crippen LogP contribution in [0.5, 0.6) is 0 Å². The van der Waals surface area contributed by atoms with Crippen LogP contribution >= 0.6 is 0 Å². The number of carbonyl (C=O) groups excluding carboxylic acids is 2. The monoisotopic (exact) mass is 308 g/mol. The topological polar surface area (TPSA) is 66.5 Å². The maximum absolute atomic E-state index is 12.4. The van der Waals surface area contributed by atoms with Gasteiger partial charge in [-0.1, -0.05) is 13.0 Å². The highest BCUT2D eigenvalue weighted by Gasteiger charge is 2.31. The summed E-state index contributed by atoms with van der Waals surface area (Å²) in [6.07, 6.45) is 3.51. The Hall–Kier alpha value is -1.69. The third kappa shape index (κ3) is 3.69. The molecule has 0 aliphatic carbocycles. The summed E-state index contributed by atoms with van der Waals surface area (Å²) in [6, 6.07) is 6.54. The Morgan fingerprint density at radius 1 is 1.48 bits per heavy atom. The normalized spacial score (nSPS) is 17.6. The zero-order valence-electron chi connectivity index (χ0n) is 12.3. The molecule has 1 aliphatic rings. The standard InChI is InChI=1S/C15H20N2O3S/c1-3-13(17-9-5-8-14(17)18)15(19)16-11-6-4-7-12(10-11)21(2)20/h4,6-7,10,13H,3,5,8-9H2,1-2H3,(H,16,19)/t13-,21-/m0/s1. The summed E-state index contributed by atoms with van der Waals surface area (Å²) in [4.78, 5) is 26.5. The number of hydrogen-bond donors (Lipinski definition) is 1. The van der Waals surface area contributed by atoms with E-state index in [0.29, 0.717) is 30.0 Å². The van der Waals surface area contributed by atoms with Gasteiger partial charge in [-0.25, -0.2) is 0 Å². The Labute approximate surface area is 127 Å². The van der Waals surface area contributed by atoms with E-state index in [1.807, 2.05) is 6.92 Å². The van der Waals surface area contributed by atoms with Crippen molar-refractivity contribution < 1.29 is 13.8 Å². The van der Waals surface area contributed by atoms with Crippen molar-refractivity contribution >= 4 is 28.3 Å². The van der Waals surface area contributed by atoms with Crippen LogP contribution < -0.4 is 5.32 Å². The van der Waals surface area contributed by atoms with Gasteiger partial charge in [0.05, 0.1) is 0 Å². The van der Waals surface area contributed by atoms with Crippen molar-refractivity contribution in [3.05, 3.63) is 24.3 Å². The maximum Gasteiger partial charge on any atom is 0.247 e. The van der Waals surface area contributed by atoms with Gasteiger partial charge >= 0.3 is 0 Å². The molecule has 1 aromatic carbocycles. The second-order valence-electron chi connectivity index (χ2n) is 5.09. The average Bonchev–Trinajstić information content (AvgIpc) is 2.86. The minimum absolute atomic E-state index is 0.0420. The number of likely N-dealkylation sites (tertiary alicyclic amines) is 1. The van der Waals surface area contributed by atoms with Crippen molar-refractivity contribution in [1.82, 2.24) is 4.90 Å². The number of amides is 2. The molecule has 0 radical (unpaired) electrons. The molecule has 6 heteroatoms. The molecule has 0 aromatic heterocycles. The summed E-state index contributed by atoms with van der Waals surface area (Å²) in [5, 5.41) is 2.82. The van der Waals surface area contributed by atoms with Crippen molar-refractivity contribution in [2.24, 2.45) is 0 Å². The second kappa shape index (κ2) is 6.85. The molecule has 1 fully saturated rings. The number of hydrogen-bond acceptors (Lipinski definition) is 3. The first-order valence-electron chi connectivity index (χ1n) is 7.06. The molecule has 0 spiro atoms. The van der Waals surface area contributed by atoms with Crippen molar-refractivity contribution in [3.8, 4) is 0 Å². The molecule has 1 aliphatic heterocycles. The predicted molar refractivity (Wildman–Crippen MR) is 82.4 cm³/mol. The first-order valence-corrected chi connectivity index (χ1v) is 8.62. The highest BCUT2D eigenvalue weighted by molar-refractivity contribution is 7.84. The van der Waals surface area contributed by atoms with Crippen LogP contribution in [0.3, 0.4) is 0 Å². The van der Waals surface area contributed by atoms with Gasteiger partial charge in [0.25, 0.3) is 0 Å². The van der Waals surface area contributed by atoms with Gasteiger partial charge in [0, 0.05) is 40.6 Å². The first-order chi connectivity index (χ1) is 10.0. The largest absolute Gasteiger partial charge is 0.331 e. The molecular formula is C15H20N2O3S. The van der Waals surface area contributed by atoms with Crippen molar-refractivity contribution in [3.63, 3.8) is 0 Å². The van der Waals surface area contributed by atoms with Crippen molar-refractivity contribution in [2.75, 3.05) is 18.1 Å². The third-order valence-electron chi connectivity index (χ3n) is 3.61. The molecule has 0 saturated carbocycles. The van der Waals surface area contributed by atoms with E-state index in [4.69, 9.17) is 0 Å². The van der Waals surface area contributed by atoms with E-state index < -0.39 is 16.8 Å². The lowest BCUT2D eigenvalue weighted by Gasteiger charge is -2.25. The molecule has 1 saturated heterocycles. The summed E-state index contributed by atoms with van der Waals surface area (Å²) in [7, 11) is -1.09. The van der Waals surface area contributed by atoms with Crippen LogP contribution in [0.15, 0.2) is 29.2 Å². The van der Waals surface area contributed by atoms with Crippen molar-refractivity contribution in [2.45, 2.75) is 37.1 Å². The van der Waals surface area contributed by atoms with Crippen LogP contribution in [0, 0.1) is 0 Å². The highest BCUT2D eigenvalue weighted by Crippen LogP contribution is 2.19. The van der Waals surface area contributed by atoms with E-state index in [9.17, 15) is 13.8 Å². The Morgan fingerprint density at radius 2 is 2.24 bits per heavy atom. The highest BCUT2D eigenvalue weighted by atomic mass is 32.2. The number of nitrogens with one attached hydrogen (secondary N) is 1. The molecule has 1 heterocycles. The quantitative estimate of drug-likeness (QED) is 0.901. The van der Waals surface area contributed by atoms with Gasteiger partial charge < -0.3 is 10.2 Å². The zero-order valence-corrected chi connectivity index (χ0v) is 13.1. The molecule has 0 unspecified atom stereocenters. The first kappa shape index (κ1) is 15.7. The average molecular weight is 308 g/mol. The number of benzene rings is 1. The molecule has 114 valence electrons. The van der Waals surface area contributed by atoms with E-state index in [-0.39, 0.29) is 11.8 Å². The number of nitrogens with zero attached hydrogens (tertiary/aromatic N) is 1. The van der Waals surface area contributed by atoms with Gasteiger partial charge in [-0.3, -0.25) is 13.8 Å². The summed E-state index contributed by atoms with van der Waals surface area (Å²) in [5.41, 5.74) is 0.609. The SMILES string of the molecule is CC[C@@H](C(=O)Nc1cccc([S@](C)=O)c1)N1CCCC1=O.